The standard InChI is InChI=1S/C9H17N3O5/c1-4(2)6(7(10)14)12-9(17)11-3-5(13)8(15)16/h4-6,13H,3H2,1-2H3,(H2,10,14)(H,15,16)(H2,11,12,17)/t5-,6?/m0/s1. The quantitative estimate of drug-likeness (QED) is 0.378. The second-order valence-corrected chi connectivity index (χ2v) is 3.83. The first kappa shape index (κ1) is 15.2. The van der Waals surface area contributed by atoms with Crippen LogP contribution < -0.4 is 16.4 Å². The highest BCUT2D eigenvalue weighted by atomic mass is 16.4. The summed E-state index contributed by atoms with van der Waals surface area (Å²) in [5, 5.41) is 21.6. The van der Waals surface area contributed by atoms with E-state index < -0.39 is 36.6 Å². The van der Waals surface area contributed by atoms with Crippen molar-refractivity contribution in [3.05, 3.63) is 0 Å². The number of carboxylic acid groups (broad SMARTS) is 1. The van der Waals surface area contributed by atoms with Crippen molar-refractivity contribution in [1.29, 1.82) is 0 Å². The van der Waals surface area contributed by atoms with Gasteiger partial charge in [-0.3, -0.25) is 4.79 Å². The Labute approximate surface area is 98.2 Å². The molecule has 98 valence electrons. The fourth-order valence-electron chi connectivity index (χ4n) is 1.04. The number of aliphatic carboxylic acids is 1. The molecule has 0 rings (SSSR count). The number of nitrogens with one attached hydrogen (secondary N) is 2. The summed E-state index contributed by atoms with van der Waals surface area (Å²) in [6.07, 6.45) is -1.69. The lowest BCUT2D eigenvalue weighted by Gasteiger charge is -2.19. The predicted molar refractivity (Wildman–Crippen MR) is 58.0 cm³/mol. The summed E-state index contributed by atoms with van der Waals surface area (Å²) >= 11 is 0. The number of nitrogens with two attached hydrogens (primary N) is 1. The number of aliphatic hydroxyl groups is 1. The second-order valence-electron chi connectivity index (χ2n) is 3.83. The van der Waals surface area contributed by atoms with E-state index in [1.54, 1.807) is 13.8 Å². The molecule has 6 N–H and O–H groups in total. The summed E-state index contributed by atoms with van der Waals surface area (Å²) < 4.78 is 0. The van der Waals surface area contributed by atoms with Crippen LogP contribution in [0.4, 0.5) is 4.79 Å². The molecule has 0 radical (unpaired) electrons. The molecule has 0 fully saturated rings. The lowest BCUT2D eigenvalue weighted by molar-refractivity contribution is -0.146. The van der Waals surface area contributed by atoms with Crippen LogP contribution in [0.5, 0.6) is 0 Å². The van der Waals surface area contributed by atoms with Gasteiger partial charge in [0.1, 0.15) is 6.04 Å². The molecule has 2 atom stereocenters. The molecule has 0 aromatic rings. The molecule has 0 heterocycles. The van der Waals surface area contributed by atoms with E-state index in [0.717, 1.165) is 0 Å². The van der Waals surface area contributed by atoms with Gasteiger partial charge >= 0.3 is 12.0 Å². The summed E-state index contributed by atoms with van der Waals surface area (Å²) in [7, 11) is 0. The Balaban J connectivity index is 4.16. The van der Waals surface area contributed by atoms with E-state index in [0.29, 0.717) is 0 Å². The molecule has 8 heteroatoms. The summed E-state index contributed by atoms with van der Waals surface area (Å²) in [4.78, 5) is 32.5. The molecule has 0 aromatic heterocycles. The van der Waals surface area contributed by atoms with Crippen LogP contribution in [0, 0.1) is 5.92 Å². The molecule has 17 heavy (non-hydrogen) atoms. The molecule has 0 aliphatic heterocycles. The normalized spacial score (nSPS) is 13.9. The Morgan fingerprint density at radius 2 is 1.82 bits per heavy atom. The number of urea groups is 1. The van der Waals surface area contributed by atoms with Gasteiger partial charge in [0.05, 0.1) is 6.54 Å². The maximum atomic E-state index is 11.3. The highest BCUT2D eigenvalue weighted by Crippen LogP contribution is 2.00. The van der Waals surface area contributed by atoms with Crippen LogP contribution in [-0.2, 0) is 9.59 Å². The zero-order valence-electron chi connectivity index (χ0n) is 9.64. The fourth-order valence-corrected chi connectivity index (χ4v) is 1.04. The van der Waals surface area contributed by atoms with Gasteiger partial charge in [-0.2, -0.15) is 0 Å². The lowest BCUT2D eigenvalue weighted by atomic mass is 10.0. The Bertz CT molecular complexity index is 305. The fraction of sp³-hybridized carbons (Fsp3) is 0.667. The average molecular weight is 247 g/mol. The van der Waals surface area contributed by atoms with Gasteiger partial charge in [0, 0.05) is 0 Å². The summed E-state index contributed by atoms with van der Waals surface area (Å²) in [6, 6.07) is -1.61. The number of aliphatic hydroxyl groups excluding tert-OH is 1. The van der Waals surface area contributed by atoms with Gasteiger partial charge < -0.3 is 26.6 Å². The molecule has 0 bridgehead atoms. The van der Waals surface area contributed by atoms with Crippen molar-refractivity contribution in [3.8, 4) is 0 Å². The Kier molecular flexibility index (Phi) is 5.97. The molecular formula is C9H17N3O5. The van der Waals surface area contributed by atoms with E-state index in [-0.39, 0.29) is 5.92 Å². The van der Waals surface area contributed by atoms with Crippen molar-refractivity contribution in [2.45, 2.75) is 26.0 Å². The first-order valence-corrected chi connectivity index (χ1v) is 5.00. The third kappa shape index (κ3) is 5.71. The topological polar surface area (TPSA) is 142 Å². The molecule has 3 amide bonds. The highest BCUT2D eigenvalue weighted by molar-refractivity contribution is 5.86. The molecule has 0 saturated heterocycles. The van der Waals surface area contributed by atoms with Gasteiger partial charge in [-0.15, -0.1) is 0 Å². The molecule has 0 spiro atoms. The smallest absolute Gasteiger partial charge is 0.334 e. The van der Waals surface area contributed by atoms with Crippen molar-refractivity contribution in [2.75, 3.05) is 6.54 Å². The number of carbonyl (C=O) groups is 3. The minimum Gasteiger partial charge on any atom is -0.479 e. The maximum Gasteiger partial charge on any atom is 0.334 e. The number of rotatable bonds is 6. The molecule has 1 unspecified atom stereocenters. The summed E-state index contributed by atoms with van der Waals surface area (Å²) in [5.74, 6) is -2.32. The number of primary amides is 1. The molecule has 0 aliphatic rings. The first-order valence-electron chi connectivity index (χ1n) is 5.00. The van der Waals surface area contributed by atoms with Crippen molar-refractivity contribution in [3.63, 3.8) is 0 Å². The number of hydrogen-bond donors (Lipinski definition) is 5. The molecule has 0 aliphatic carbocycles. The van der Waals surface area contributed by atoms with E-state index in [9.17, 15) is 14.4 Å². The van der Waals surface area contributed by atoms with E-state index in [1.807, 2.05) is 0 Å². The number of hydrogen-bond acceptors (Lipinski definition) is 4. The zero-order valence-corrected chi connectivity index (χ0v) is 9.64. The van der Waals surface area contributed by atoms with Crippen LogP contribution in [0.2, 0.25) is 0 Å². The second kappa shape index (κ2) is 6.69. The third-order valence-electron chi connectivity index (χ3n) is 2.00. The van der Waals surface area contributed by atoms with E-state index in [4.69, 9.17) is 15.9 Å². The van der Waals surface area contributed by atoms with E-state index in [2.05, 4.69) is 10.6 Å². The number of carbonyl (C=O) groups excluding carboxylic acids is 2. The van der Waals surface area contributed by atoms with Crippen LogP contribution in [0.25, 0.3) is 0 Å². The van der Waals surface area contributed by atoms with Crippen LogP contribution in [0.15, 0.2) is 0 Å². The highest BCUT2D eigenvalue weighted by Gasteiger charge is 2.22. The largest absolute Gasteiger partial charge is 0.479 e. The van der Waals surface area contributed by atoms with Crippen molar-refractivity contribution < 1.29 is 24.6 Å². The van der Waals surface area contributed by atoms with Gasteiger partial charge in [-0.1, -0.05) is 13.8 Å². The first-order chi connectivity index (χ1) is 7.75. The molecule has 0 aromatic carbocycles. The Hall–Kier alpha value is -1.83. The van der Waals surface area contributed by atoms with Gasteiger partial charge in [0.2, 0.25) is 5.91 Å². The summed E-state index contributed by atoms with van der Waals surface area (Å²) in [6.45, 7) is 2.94. The van der Waals surface area contributed by atoms with E-state index in [1.165, 1.54) is 0 Å². The average Bonchev–Trinajstić information content (AvgIpc) is 2.21. The predicted octanol–water partition coefficient (Wildman–Crippen LogP) is -1.76. The van der Waals surface area contributed by atoms with Crippen LogP contribution in [0.3, 0.4) is 0 Å². The number of amides is 3. The molecule has 0 saturated carbocycles. The van der Waals surface area contributed by atoms with Crippen LogP contribution in [-0.4, -0.2) is 46.8 Å². The van der Waals surface area contributed by atoms with Gasteiger partial charge in [0.15, 0.2) is 6.10 Å². The van der Waals surface area contributed by atoms with Crippen LogP contribution >= 0.6 is 0 Å². The third-order valence-corrected chi connectivity index (χ3v) is 2.00. The van der Waals surface area contributed by atoms with Crippen LogP contribution in [0.1, 0.15) is 13.8 Å². The zero-order chi connectivity index (χ0) is 13.6. The Morgan fingerprint density at radius 1 is 1.29 bits per heavy atom. The molecular weight excluding hydrogens is 230 g/mol. The van der Waals surface area contributed by atoms with E-state index >= 15 is 0 Å². The summed E-state index contributed by atoms with van der Waals surface area (Å²) in [5.41, 5.74) is 5.07. The SMILES string of the molecule is CC(C)C(NC(=O)NC[C@H](O)C(=O)O)C(N)=O. The Morgan fingerprint density at radius 3 is 2.18 bits per heavy atom. The van der Waals surface area contributed by atoms with Crippen molar-refractivity contribution in [2.24, 2.45) is 11.7 Å². The van der Waals surface area contributed by atoms with Crippen molar-refractivity contribution in [1.82, 2.24) is 10.6 Å². The monoisotopic (exact) mass is 247 g/mol. The van der Waals surface area contributed by atoms with Gasteiger partial charge in [-0.25, -0.2) is 9.59 Å². The van der Waals surface area contributed by atoms with Gasteiger partial charge in [-0.05, 0) is 5.92 Å². The van der Waals surface area contributed by atoms with Crippen molar-refractivity contribution >= 4 is 17.9 Å². The minimum atomic E-state index is -1.69. The molecule has 8 nitrogen and oxygen atoms in total. The minimum absolute atomic E-state index is 0.192. The maximum absolute atomic E-state index is 11.3. The lowest BCUT2D eigenvalue weighted by Crippen LogP contribution is -2.52. The number of carboxylic acids is 1. The van der Waals surface area contributed by atoms with Gasteiger partial charge in [0.25, 0.3) is 0 Å².